The molecule has 0 bridgehead atoms. The molecule has 13 heteroatoms. The molecule has 0 aromatic heterocycles. The fourth-order valence-corrected chi connectivity index (χ4v) is 3.59. The SMILES string of the molecule is CC(CO)C(CO)(CO)C(COC(=O)c1ccc(C(=O)O)cc1)OC(=O)c1cc(C(=O)O)ccc1C(=O)O. The van der Waals surface area contributed by atoms with E-state index in [9.17, 15) is 49.5 Å². The summed E-state index contributed by atoms with van der Waals surface area (Å²) in [6.45, 7) is -1.70. The topological polar surface area (TPSA) is 225 Å². The van der Waals surface area contributed by atoms with Gasteiger partial charge in [0.1, 0.15) is 12.7 Å². The largest absolute Gasteiger partial charge is 0.478 e. The molecule has 13 nitrogen and oxygen atoms in total. The fraction of sp³-hybridized carbons (Fsp3) is 0.320. The third-order valence-electron chi connectivity index (χ3n) is 6.18. The highest BCUT2D eigenvalue weighted by atomic mass is 16.6. The Labute approximate surface area is 215 Å². The Hall–Kier alpha value is -4.33. The molecule has 6 N–H and O–H groups in total. The van der Waals surface area contributed by atoms with Crippen LogP contribution in [0.3, 0.4) is 0 Å². The lowest BCUT2D eigenvalue weighted by molar-refractivity contribution is -0.121. The lowest BCUT2D eigenvalue weighted by Crippen LogP contribution is -2.52. The molecule has 2 rings (SSSR count). The van der Waals surface area contributed by atoms with Crippen molar-refractivity contribution in [3.8, 4) is 0 Å². The zero-order valence-corrected chi connectivity index (χ0v) is 20.1. The van der Waals surface area contributed by atoms with E-state index in [4.69, 9.17) is 14.6 Å². The van der Waals surface area contributed by atoms with E-state index in [0.29, 0.717) is 0 Å². The summed E-state index contributed by atoms with van der Waals surface area (Å²) in [5.74, 6) is -7.52. The number of carbonyl (C=O) groups excluding carboxylic acids is 2. The predicted octanol–water partition coefficient (Wildman–Crippen LogP) is 0.763. The molecule has 38 heavy (non-hydrogen) atoms. The number of aliphatic hydroxyl groups excluding tert-OH is 3. The number of carboxylic acids is 3. The molecule has 0 fully saturated rings. The number of hydrogen-bond acceptors (Lipinski definition) is 10. The zero-order chi connectivity index (χ0) is 28.6. The monoisotopic (exact) mass is 534 g/mol. The summed E-state index contributed by atoms with van der Waals surface area (Å²) in [5, 5.41) is 57.6. The standard InChI is InChI=1S/C25H26O13/c1-13(9-26)25(11-27,12-28)19(10-37-23(35)15-4-2-14(3-5-15)20(29)30)38-24(36)18-8-16(21(31)32)6-7-17(18)22(33)34/h2-8,13,19,26-28H,9-12H2,1H3,(H,29,30)(H,31,32)(H,33,34). The van der Waals surface area contributed by atoms with Crippen molar-refractivity contribution in [2.45, 2.75) is 13.0 Å². The van der Waals surface area contributed by atoms with Crippen LogP contribution >= 0.6 is 0 Å². The van der Waals surface area contributed by atoms with Crippen LogP contribution in [0.4, 0.5) is 0 Å². The Morgan fingerprint density at radius 1 is 0.737 bits per heavy atom. The summed E-state index contributed by atoms with van der Waals surface area (Å²) < 4.78 is 10.6. The molecule has 0 aliphatic rings. The fourth-order valence-electron chi connectivity index (χ4n) is 3.59. The van der Waals surface area contributed by atoms with Gasteiger partial charge < -0.3 is 40.1 Å². The van der Waals surface area contributed by atoms with E-state index in [2.05, 4.69) is 0 Å². The number of rotatable bonds is 13. The second-order valence-electron chi connectivity index (χ2n) is 8.38. The van der Waals surface area contributed by atoms with Crippen molar-refractivity contribution < 1.29 is 64.1 Å². The van der Waals surface area contributed by atoms with E-state index >= 15 is 0 Å². The van der Waals surface area contributed by atoms with Gasteiger partial charge in [0.05, 0.1) is 46.4 Å². The summed E-state index contributed by atoms with van der Waals surface area (Å²) >= 11 is 0. The van der Waals surface area contributed by atoms with E-state index < -0.39 is 90.4 Å². The van der Waals surface area contributed by atoms with Gasteiger partial charge in [-0.05, 0) is 48.4 Å². The highest BCUT2D eigenvalue weighted by Gasteiger charge is 2.46. The van der Waals surface area contributed by atoms with Crippen molar-refractivity contribution in [1.29, 1.82) is 0 Å². The Morgan fingerprint density at radius 3 is 1.74 bits per heavy atom. The Kier molecular flexibility index (Phi) is 10.0. The summed E-state index contributed by atoms with van der Waals surface area (Å²) in [5.41, 5.74) is -3.62. The molecule has 2 atom stereocenters. The van der Waals surface area contributed by atoms with Crippen LogP contribution in [0.1, 0.15) is 58.7 Å². The molecule has 204 valence electrons. The number of aromatic carboxylic acids is 3. The van der Waals surface area contributed by atoms with Gasteiger partial charge in [0, 0.05) is 6.61 Å². The number of carbonyl (C=O) groups is 5. The average Bonchev–Trinajstić information content (AvgIpc) is 2.91. The van der Waals surface area contributed by atoms with Crippen LogP contribution in [-0.4, -0.2) is 93.0 Å². The quantitative estimate of drug-likeness (QED) is 0.195. The third kappa shape index (κ3) is 6.51. The first-order chi connectivity index (χ1) is 17.9. The maximum atomic E-state index is 13.1. The van der Waals surface area contributed by atoms with Gasteiger partial charge in [0.2, 0.25) is 0 Å². The maximum absolute atomic E-state index is 13.1. The Bertz CT molecular complexity index is 1200. The minimum Gasteiger partial charge on any atom is -0.478 e. The van der Waals surface area contributed by atoms with E-state index in [1.807, 2.05) is 0 Å². The van der Waals surface area contributed by atoms with Crippen LogP contribution in [0.15, 0.2) is 42.5 Å². The predicted molar refractivity (Wildman–Crippen MR) is 126 cm³/mol. The number of carboxylic acid groups (broad SMARTS) is 3. The van der Waals surface area contributed by atoms with Crippen LogP contribution in [-0.2, 0) is 9.47 Å². The molecule has 2 aromatic carbocycles. The first kappa shape index (κ1) is 29.9. The Morgan fingerprint density at radius 2 is 1.26 bits per heavy atom. The molecule has 0 saturated heterocycles. The van der Waals surface area contributed by atoms with Gasteiger partial charge in [0.15, 0.2) is 0 Å². The number of esters is 2. The summed E-state index contributed by atoms with van der Waals surface area (Å²) in [7, 11) is 0. The van der Waals surface area contributed by atoms with Crippen molar-refractivity contribution >= 4 is 29.8 Å². The van der Waals surface area contributed by atoms with Gasteiger partial charge in [-0.2, -0.15) is 0 Å². The minimum absolute atomic E-state index is 0.0730. The molecule has 2 aromatic rings. The van der Waals surface area contributed by atoms with Gasteiger partial charge >= 0.3 is 29.8 Å². The maximum Gasteiger partial charge on any atom is 0.339 e. The molecule has 0 heterocycles. The van der Waals surface area contributed by atoms with E-state index in [1.165, 1.54) is 19.1 Å². The number of aliphatic hydroxyl groups is 3. The van der Waals surface area contributed by atoms with Gasteiger partial charge in [-0.1, -0.05) is 6.92 Å². The normalized spacial score (nSPS) is 12.7. The van der Waals surface area contributed by atoms with Crippen LogP contribution in [0.5, 0.6) is 0 Å². The molecule has 0 amide bonds. The van der Waals surface area contributed by atoms with Crippen molar-refractivity contribution in [1.82, 2.24) is 0 Å². The molecular weight excluding hydrogens is 508 g/mol. The molecule has 2 unspecified atom stereocenters. The van der Waals surface area contributed by atoms with Crippen LogP contribution in [0.2, 0.25) is 0 Å². The summed E-state index contributed by atoms with van der Waals surface area (Å²) in [4.78, 5) is 59.6. The third-order valence-corrected chi connectivity index (χ3v) is 6.18. The molecule has 0 spiro atoms. The van der Waals surface area contributed by atoms with Crippen LogP contribution in [0, 0.1) is 11.3 Å². The van der Waals surface area contributed by atoms with Crippen LogP contribution < -0.4 is 0 Å². The molecular formula is C25H26O13. The van der Waals surface area contributed by atoms with Crippen molar-refractivity contribution in [2.24, 2.45) is 11.3 Å². The van der Waals surface area contributed by atoms with Gasteiger partial charge in [-0.15, -0.1) is 0 Å². The van der Waals surface area contributed by atoms with E-state index in [0.717, 1.165) is 30.3 Å². The van der Waals surface area contributed by atoms with Crippen LogP contribution in [0.25, 0.3) is 0 Å². The first-order valence-electron chi connectivity index (χ1n) is 11.1. The van der Waals surface area contributed by atoms with Gasteiger partial charge in [-0.25, -0.2) is 24.0 Å². The average molecular weight is 534 g/mol. The number of hydrogen-bond donors (Lipinski definition) is 6. The van der Waals surface area contributed by atoms with Gasteiger partial charge in [0.25, 0.3) is 0 Å². The molecule has 0 aliphatic heterocycles. The number of ether oxygens (including phenoxy) is 2. The smallest absolute Gasteiger partial charge is 0.339 e. The zero-order valence-electron chi connectivity index (χ0n) is 20.1. The highest BCUT2D eigenvalue weighted by Crippen LogP contribution is 2.34. The van der Waals surface area contributed by atoms with Crippen molar-refractivity contribution in [3.63, 3.8) is 0 Å². The lowest BCUT2D eigenvalue weighted by Gasteiger charge is -2.40. The van der Waals surface area contributed by atoms with Crippen molar-refractivity contribution in [3.05, 3.63) is 70.3 Å². The summed E-state index contributed by atoms with van der Waals surface area (Å²) in [6.07, 6.45) is -1.65. The first-order valence-corrected chi connectivity index (χ1v) is 11.1. The second-order valence-corrected chi connectivity index (χ2v) is 8.38. The Balaban J connectivity index is 2.44. The minimum atomic E-state index is -1.79. The molecule has 0 saturated carbocycles. The van der Waals surface area contributed by atoms with E-state index in [-0.39, 0.29) is 11.1 Å². The van der Waals surface area contributed by atoms with Gasteiger partial charge in [-0.3, -0.25) is 0 Å². The van der Waals surface area contributed by atoms with Crippen molar-refractivity contribution in [2.75, 3.05) is 26.4 Å². The summed E-state index contributed by atoms with van der Waals surface area (Å²) in [6, 6.07) is 7.28. The highest BCUT2D eigenvalue weighted by molar-refractivity contribution is 6.04. The second kappa shape index (κ2) is 12.8. The van der Waals surface area contributed by atoms with E-state index in [1.54, 1.807) is 0 Å². The molecule has 0 radical (unpaired) electrons. The number of benzene rings is 2. The lowest BCUT2D eigenvalue weighted by atomic mass is 9.73. The molecule has 0 aliphatic carbocycles.